The molecule has 0 aromatic heterocycles. The van der Waals surface area contributed by atoms with Crippen LogP contribution in [0.2, 0.25) is 5.54 Å². The maximum absolute atomic E-state index is 13.1. The third kappa shape index (κ3) is 4.11. The van der Waals surface area contributed by atoms with Crippen LogP contribution in [0.15, 0.2) is 0 Å². The molecule has 0 bridgehead atoms. The van der Waals surface area contributed by atoms with Gasteiger partial charge in [0.2, 0.25) is 0 Å². The molecule has 0 saturated carbocycles. The Bertz CT molecular complexity index is 432. The van der Waals surface area contributed by atoms with Crippen molar-refractivity contribution in [1.29, 1.82) is 0 Å². The smallest absolute Gasteiger partial charge is 0.377 e. The van der Waals surface area contributed by atoms with E-state index in [1.54, 1.807) is 0 Å². The summed E-state index contributed by atoms with van der Waals surface area (Å²) in [5.41, 5.74) is -1.01. The maximum atomic E-state index is 13.1. The topological polar surface area (TPSA) is 91.3 Å². The molecule has 13 heteroatoms. The second-order valence-electron chi connectivity index (χ2n) is 3.94. The molecule has 0 rings (SSSR count). The van der Waals surface area contributed by atoms with E-state index in [1.165, 1.54) is 28.3 Å². The highest BCUT2D eigenvalue weighted by Gasteiger charge is 2.68. The van der Waals surface area contributed by atoms with Crippen molar-refractivity contribution in [3.63, 3.8) is 0 Å². The van der Waals surface area contributed by atoms with Gasteiger partial charge in [0.25, 0.3) is 0 Å². The van der Waals surface area contributed by atoms with Crippen molar-refractivity contribution in [2.75, 3.05) is 27.9 Å². The van der Waals surface area contributed by atoms with Gasteiger partial charge in [-0.3, -0.25) is 4.55 Å². The molecule has 0 aromatic rings. The van der Waals surface area contributed by atoms with Crippen LogP contribution in [-0.2, 0) is 28.1 Å². The molecule has 7 nitrogen and oxygen atoms in total. The van der Waals surface area contributed by atoms with Crippen molar-refractivity contribution in [3.8, 4) is 0 Å². The van der Waals surface area contributed by atoms with Gasteiger partial charge in [-0.05, 0) is 0 Å². The first-order valence-electron chi connectivity index (χ1n) is 5.33. The second kappa shape index (κ2) is 6.85. The van der Waals surface area contributed by atoms with Crippen LogP contribution in [0, 0.1) is 0 Å². The third-order valence-corrected chi connectivity index (χ3v) is 6.60. The van der Waals surface area contributed by atoms with E-state index in [9.17, 15) is 26.0 Å². The average molecular weight is 360 g/mol. The molecule has 0 amide bonds. The number of hydrogen-bond acceptors (Lipinski definition) is 6. The zero-order valence-electron chi connectivity index (χ0n) is 11.6. The van der Waals surface area contributed by atoms with E-state index < -0.39 is 42.4 Å². The van der Waals surface area contributed by atoms with Crippen molar-refractivity contribution in [2.45, 2.75) is 23.8 Å². The van der Waals surface area contributed by atoms with E-state index in [2.05, 4.69) is 4.74 Å². The average Bonchev–Trinajstić information content (AvgIpc) is 2.37. The van der Waals surface area contributed by atoms with Gasteiger partial charge in [-0.25, -0.2) is 0 Å². The van der Waals surface area contributed by atoms with E-state index >= 15 is 0 Å². The lowest BCUT2D eigenvalue weighted by Gasteiger charge is -2.31. The molecular weight excluding hydrogens is 344 g/mol. The Labute approximate surface area is 120 Å². The van der Waals surface area contributed by atoms with Gasteiger partial charge in [-0.15, -0.1) is 0 Å². The molecular formula is C8H16F4O7SSi. The van der Waals surface area contributed by atoms with Gasteiger partial charge in [0.1, 0.15) is 0 Å². The summed E-state index contributed by atoms with van der Waals surface area (Å²) >= 11 is 0. The fraction of sp³-hybridized carbons (Fsp3) is 1.00. The van der Waals surface area contributed by atoms with E-state index in [0.29, 0.717) is 0 Å². The van der Waals surface area contributed by atoms with Crippen molar-refractivity contribution in [2.24, 2.45) is 0 Å². The second-order valence-corrected chi connectivity index (χ2v) is 8.82. The van der Waals surface area contributed by atoms with Crippen molar-refractivity contribution < 1.29 is 48.5 Å². The van der Waals surface area contributed by atoms with E-state index in [4.69, 9.17) is 17.8 Å². The van der Waals surface area contributed by atoms with Crippen LogP contribution in [-0.4, -0.2) is 61.1 Å². The summed E-state index contributed by atoms with van der Waals surface area (Å²) in [6, 6.07) is 0. The molecule has 1 N–H and O–H groups in total. The third-order valence-electron chi connectivity index (χ3n) is 2.63. The quantitative estimate of drug-likeness (QED) is 0.377. The zero-order valence-corrected chi connectivity index (χ0v) is 13.4. The Hall–Kier alpha value is -0.313. The lowest BCUT2D eigenvalue weighted by Crippen LogP contribution is -2.52. The molecule has 0 aliphatic heterocycles. The molecule has 0 spiro atoms. The molecule has 1 unspecified atom stereocenters. The first-order chi connectivity index (χ1) is 9.31. The molecule has 0 fully saturated rings. The normalized spacial score (nSPS) is 16.0. The van der Waals surface area contributed by atoms with Gasteiger partial charge in [0.05, 0.1) is 12.1 Å². The SMILES string of the molecule is CO[Si](OC)(OC)C(C)COC(F)(F)C(F)(F)S(=O)(=O)O. The van der Waals surface area contributed by atoms with Crippen molar-refractivity contribution in [1.82, 2.24) is 0 Å². The van der Waals surface area contributed by atoms with Crippen LogP contribution in [0.5, 0.6) is 0 Å². The zero-order chi connectivity index (χ0) is 17.1. The molecule has 0 aliphatic rings. The molecule has 0 radical (unpaired) electrons. The van der Waals surface area contributed by atoms with Crippen LogP contribution in [0.4, 0.5) is 17.6 Å². The summed E-state index contributed by atoms with van der Waals surface area (Å²) in [4.78, 5) is 0. The molecule has 21 heavy (non-hydrogen) atoms. The Balaban J connectivity index is 5.08. The van der Waals surface area contributed by atoms with Gasteiger partial charge in [-0.1, -0.05) is 6.92 Å². The minimum atomic E-state index is -6.35. The molecule has 0 aliphatic carbocycles. The first kappa shape index (κ1) is 20.7. The standard InChI is InChI=1S/C8H16F4O7SSi/c1-6(21(16-2,17-3)18-4)5-19-7(9,10)8(11,12)20(13,14)15/h6H,5H2,1-4H3,(H,13,14,15). The van der Waals surface area contributed by atoms with Gasteiger partial charge < -0.3 is 18.0 Å². The predicted octanol–water partition coefficient (Wildman–Crippen LogP) is 1.34. The van der Waals surface area contributed by atoms with Gasteiger partial charge in [-0.2, -0.15) is 26.0 Å². The Morgan fingerprint density at radius 1 is 1.10 bits per heavy atom. The van der Waals surface area contributed by atoms with Gasteiger partial charge in [0, 0.05) is 21.3 Å². The van der Waals surface area contributed by atoms with Crippen molar-refractivity contribution in [3.05, 3.63) is 0 Å². The Morgan fingerprint density at radius 2 is 1.48 bits per heavy atom. The fourth-order valence-corrected chi connectivity index (χ4v) is 3.77. The van der Waals surface area contributed by atoms with E-state index in [0.717, 1.165) is 0 Å². The van der Waals surface area contributed by atoms with Crippen molar-refractivity contribution >= 4 is 18.9 Å². The summed E-state index contributed by atoms with van der Waals surface area (Å²) < 4.78 is 99.3. The highest BCUT2D eigenvalue weighted by atomic mass is 32.2. The summed E-state index contributed by atoms with van der Waals surface area (Å²) in [6.45, 7) is 0.213. The maximum Gasteiger partial charge on any atom is 0.505 e. The summed E-state index contributed by atoms with van der Waals surface area (Å²) in [5.74, 6) is 0. The van der Waals surface area contributed by atoms with Crippen LogP contribution >= 0.6 is 0 Å². The lowest BCUT2D eigenvalue weighted by molar-refractivity contribution is -0.318. The van der Waals surface area contributed by atoms with Crippen LogP contribution in [0.25, 0.3) is 0 Å². The van der Waals surface area contributed by atoms with Crippen LogP contribution < -0.4 is 0 Å². The monoisotopic (exact) mass is 360 g/mol. The van der Waals surface area contributed by atoms with E-state index in [1.807, 2.05) is 0 Å². The Morgan fingerprint density at radius 3 is 1.76 bits per heavy atom. The van der Waals surface area contributed by atoms with Gasteiger partial charge >= 0.3 is 30.3 Å². The largest absolute Gasteiger partial charge is 0.505 e. The molecule has 0 aromatic carbocycles. The molecule has 0 saturated heterocycles. The van der Waals surface area contributed by atoms with E-state index in [-0.39, 0.29) is 0 Å². The Kier molecular flexibility index (Phi) is 6.74. The minimum Gasteiger partial charge on any atom is -0.377 e. The first-order valence-corrected chi connectivity index (χ1v) is 8.57. The fourth-order valence-electron chi connectivity index (χ4n) is 1.42. The highest BCUT2D eigenvalue weighted by Crippen LogP contribution is 2.40. The molecule has 1 atom stereocenters. The van der Waals surface area contributed by atoms with Crippen LogP contribution in [0.3, 0.4) is 0 Å². The highest BCUT2D eigenvalue weighted by molar-refractivity contribution is 7.86. The predicted molar refractivity (Wildman–Crippen MR) is 63.6 cm³/mol. The number of ether oxygens (including phenoxy) is 1. The number of rotatable bonds is 9. The number of alkyl halides is 4. The molecule has 0 heterocycles. The number of halogens is 4. The number of hydrogen-bond donors (Lipinski definition) is 1. The lowest BCUT2D eigenvalue weighted by atomic mass is 10.5. The summed E-state index contributed by atoms with van der Waals surface area (Å²) in [7, 11) is -6.29. The van der Waals surface area contributed by atoms with Crippen LogP contribution in [0.1, 0.15) is 6.92 Å². The summed E-state index contributed by atoms with van der Waals surface area (Å²) in [5, 5.41) is -5.79. The van der Waals surface area contributed by atoms with Gasteiger partial charge in [0.15, 0.2) is 0 Å². The minimum absolute atomic E-state index is 1.01. The summed E-state index contributed by atoms with van der Waals surface area (Å²) in [6.07, 6.45) is -5.44. The molecule has 128 valence electrons.